The van der Waals surface area contributed by atoms with E-state index in [4.69, 9.17) is 5.10 Å². The minimum Gasteiger partial charge on any atom is -0.344 e. The van der Waals surface area contributed by atoms with Crippen LogP contribution in [0.4, 0.5) is 0 Å². The van der Waals surface area contributed by atoms with Gasteiger partial charge in [0, 0.05) is 19.0 Å². The summed E-state index contributed by atoms with van der Waals surface area (Å²) < 4.78 is 28.6. The van der Waals surface area contributed by atoms with E-state index in [-0.39, 0.29) is 22.4 Å². The molecule has 1 heterocycles. The topological polar surface area (TPSA) is 84.3 Å². The fourth-order valence-corrected chi connectivity index (χ4v) is 5.10. The van der Waals surface area contributed by atoms with Gasteiger partial charge in [-0.3, -0.25) is 9.48 Å². The molecule has 0 bridgehead atoms. The summed E-state index contributed by atoms with van der Waals surface area (Å²) in [7, 11) is -3.50. The molecule has 0 radical (unpaired) electrons. The first-order chi connectivity index (χ1) is 14.5. The molecule has 0 aliphatic heterocycles. The van der Waals surface area contributed by atoms with Crippen molar-refractivity contribution in [3.63, 3.8) is 0 Å². The molecule has 0 spiro atoms. The van der Waals surface area contributed by atoms with Crippen molar-refractivity contribution in [2.45, 2.75) is 76.8 Å². The van der Waals surface area contributed by atoms with Crippen molar-refractivity contribution < 1.29 is 13.2 Å². The normalized spacial score (nSPS) is 15.8. The molecule has 1 aliphatic carbocycles. The average molecular weight is 447 g/mol. The lowest BCUT2D eigenvalue weighted by Crippen LogP contribution is -2.33. The molecule has 170 valence electrons. The van der Waals surface area contributed by atoms with Crippen molar-refractivity contribution >= 4 is 15.9 Å². The second-order valence-electron chi connectivity index (χ2n) is 9.16. The number of nitrogens with zero attached hydrogens (tertiary/aromatic N) is 3. The molecule has 1 aromatic heterocycles. The maximum Gasteiger partial charge on any atom is 0.270 e. The molecule has 1 atom stereocenters. The molecule has 31 heavy (non-hydrogen) atoms. The Balaban J connectivity index is 1.78. The van der Waals surface area contributed by atoms with Gasteiger partial charge in [-0.25, -0.2) is 8.42 Å². The highest BCUT2D eigenvalue weighted by atomic mass is 32.2. The van der Waals surface area contributed by atoms with Crippen molar-refractivity contribution in [3.05, 3.63) is 47.3 Å². The van der Waals surface area contributed by atoms with Gasteiger partial charge in [-0.1, -0.05) is 26.0 Å². The standard InChI is InChI=1S/C23H34N4O3S/c1-7-26(8-2)31(29,30)19-13-11-17(12-14-19)16(3)24-22(28)21-15-20(18-9-10-18)25-27(21)23(4,5)6/h11-16,18H,7-10H2,1-6H3,(H,24,28)/t16-/m0/s1. The van der Waals surface area contributed by atoms with Gasteiger partial charge in [0.05, 0.1) is 22.2 Å². The Kier molecular flexibility index (Phi) is 6.62. The Hall–Kier alpha value is -2.19. The number of amides is 1. The van der Waals surface area contributed by atoms with Gasteiger partial charge in [0.25, 0.3) is 5.91 Å². The smallest absolute Gasteiger partial charge is 0.270 e. The second-order valence-corrected chi connectivity index (χ2v) is 11.1. The fourth-order valence-electron chi connectivity index (χ4n) is 3.65. The summed E-state index contributed by atoms with van der Waals surface area (Å²) in [5.41, 5.74) is 2.08. The third-order valence-corrected chi connectivity index (χ3v) is 7.73. The maximum absolute atomic E-state index is 13.1. The lowest BCUT2D eigenvalue weighted by atomic mass is 10.1. The van der Waals surface area contributed by atoms with E-state index < -0.39 is 10.0 Å². The van der Waals surface area contributed by atoms with Crippen molar-refractivity contribution in [2.24, 2.45) is 0 Å². The minimum atomic E-state index is -3.50. The summed E-state index contributed by atoms with van der Waals surface area (Å²) in [6, 6.07) is 8.37. The predicted molar refractivity (Wildman–Crippen MR) is 122 cm³/mol. The Morgan fingerprint density at radius 2 is 1.77 bits per heavy atom. The van der Waals surface area contributed by atoms with Gasteiger partial charge in [0.1, 0.15) is 5.69 Å². The van der Waals surface area contributed by atoms with Crippen LogP contribution in [0, 0.1) is 0 Å². The summed E-state index contributed by atoms with van der Waals surface area (Å²) >= 11 is 0. The summed E-state index contributed by atoms with van der Waals surface area (Å²) in [6.07, 6.45) is 2.25. The lowest BCUT2D eigenvalue weighted by Gasteiger charge is -2.23. The van der Waals surface area contributed by atoms with Gasteiger partial charge in [0.15, 0.2) is 0 Å². The van der Waals surface area contributed by atoms with Crippen molar-refractivity contribution in [1.29, 1.82) is 0 Å². The number of carbonyl (C=O) groups excluding carboxylic acids is 1. The number of benzene rings is 1. The highest BCUT2D eigenvalue weighted by Gasteiger charge is 2.31. The number of nitrogens with one attached hydrogen (secondary N) is 1. The SMILES string of the molecule is CCN(CC)S(=O)(=O)c1ccc([C@H](C)NC(=O)c2cc(C3CC3)nn2C(C)(C)C)cc1. The summed E-state index contributed by atoms with van der Waals surface area (Å²) in [5.74, 6) is 0.287. The molecule has 7 nitrogen and oxygen atoms in total. The highest BCUT2D eigenvalue weighted by molar-refractivity contribution is 7.89. The third-order valence-electron chi connectivity index (χ3n) is 5.66. The number of sulfonamides is 1. The molecule has 0 saturated heterocycles. The molecule has 1 aliphatic rings. The number of hydrogen-bond acceptors (Lipinski definition) is 4. The summed E-state index contributed by atoms with van der Waals surface area (Å²) in [6.45, 7) is 12.5. The quantitative estimate of drug-likeness (QED) is 0.663. The zero-order valence-electron chi connectivity index (χ0n) is 19.3. The third kappa shape index (κ3) is 5.01. The van der Waals surface area contributed by atoms with Crippen LogP contribution in [0.3, 0.4) is 0 Å². The summed E-state index contributed by atoms with van der Waals surface area (Å²) in [4.78, 5) is 13.3. The Morgan fingerprint density at radius 1 is 1.19 bits per heavy atom. The van der Waals surface area contributed by atoms with Gasteiger partial charge in [0.2, 0.25) is 10.0 Å². The van der Waals surface area contributed by atoms with Crippen LogP contribution in [0.5, 0.6) is 0 Å². The van der Waals surface area contributed by atoms with Crippen LogP contribution in [0.2, 0.25) is 0 Å². The molecule has 2 aromatic rings. The number of hydrogen-bond donors (Lipinski definition) is 1. The monoisotopic (exact) mass is 446 g/mol. The Bertz CT molecular complexity index is 1030. The van der Waals surface area contributed by atoms with E-state index in [9.17, 15) is 13.2 Å². The van der Waals surface area contributed by atoms with Crippen LogP contribution in [-0.2, 0) is 15.6 Å². The van der Waals surface area contributed by atoms with Gasteiger partial charge < -0.3 is 5.32 Å². The minimum absolute atomic E-state index is 0.179. The van der Waals surface area contributed by atoms with E-state index in [2.05, 4.69) is 5.32 Å². The zero-order chi connectivity index (χ0) is 23.0. The maximum atomic E-state index is 13.1. The molecular weight excluding hydrogens is 412 g/mol. The first-order valence-corrected chi connectivity index (χ1v) is 12.4. The van der Waals surface area contributed by atoms with E-state index in [1.165, 1.54) is 4.31 Å². The van der Waals surface area contributed by atoms with Crippen LogP contribution >= 0.6 is 0 Å². The van der Waals surface area contributed by atoms with Crippen molar-refractivity contribution in [2.75, 3.05) is 13.1 Å². The molecule has 0 unspecified atom stereocenters. The molecule has 1 saturated carbocycles. The van der Waals surface area contributed by atoms with E-state index in [0.29, 0.717) is 24.7 Å². The molecule has 1 fully saturated rings. The molecule has 1 aromatic carbocycles. The molecule has 8 heteroatoms. The first-order valence-electron chi connectivity index (χ1n) is 11.0. The molecule has 3 rings (SSSR count). The van der Waals surface area contributed by atoms with Crippen LogP contribution in [0.25, 0.3) is 0 Å². The van der Waals surface area contributed by atoms with Crippen LogP contribution in [-0.4, -0.2) is 41.5 Å². The first kappa shape index (κ1) is 23.5. The van der Waals surface area contributed by atoms with E-state index >= 15 is 0 Å². The second kappa shape index (κ2) is 8.74. The highest BCUT2D eigenvalue weighted by Crippen LogP contribution is 2.40. The summed E-state index contributed by atoms with van der Waals surface area (Å²) in [5, 5.41) is 7.74. The van der Waals surface area contributed by atoms with Gasteiger partial charge in [-0.15, -0.1) is 0 Å². The van der Waals surface area contributed by atoms with Crippen molar-refractivity contribution in [3.8, 4) is 0 Å². The Morgan fingerprint density at radius 3 is 2.26 bits per heavy atom. The molecule has 1 N–H and O–H groups in total. The molecular formula is C23H34N4O3S. The zero-order valence-corrected chi connectivity index (χ0v) is 20.2. The van der Waals surface area contributed by atoms with Crippen LogP contribution in [0.15, 0.2) is 35.2 Å². The van der Waals surface area contributed by atoms with Crippen LogP contribution in [0.1, 0.15) is 88.1 Å². The Labute approximate surface area is 185 Å². The van der Waals surface area contributed by atoms with E-state index in [1.54, 1.807) is 24.3 Å². The fraction of sp³-hybridized carbons (Fsp3) is 0.565. The average Bonchev–Trinajstić information content (AvgIpc) is 3.45. The lowest BCUT2D eigenvalue weighted by molar-refractivity contribution is 0.0921. The van der Waals surface area contributed by atoms with Crippen molar-refractivity contribution in [1.82, 2.24) is 19.4 Å². The molecule has 1 amide bonds. The van der Waals surface area contributed by atoms with E-state index in [1.807, 2.05) is 52.3 Å². The van der Waals surface area contributed by atoms with Crippen LogP contribution < -0.4 is 5.32 Å². The predicted octanol–water partition coefficient (Wildman–Crippen LogP) is 4.04. The number of aromatic nitrogens is 2. The van der Waals surface area contributed by atoms with Gasteiger partial charge in [-0.2, -0.15) is 9.40 Å². The number of carbonyl (C=O) groups is 1. The van der Waals surface area contributed by atoms with E-state index in [0.717, 1.165) is 24.1 Å². The largest absolute Gasteiger partial charge is 0.344 e. The van der Waals surface area contributed by atoms with Gasteiger partial charge >= 0.3 is 0 Å². The van der Waals surface area contributed by atoms with Gasteiger partial charge in [-0.05, 0) is 64.3 Å². The number of rotatable bonds is 8.